The third-order valence-electron chi connectivity index (χ3n) is 3.01. The van der Waals surface area contributed by atoms with Gasteiger partial charge >= 0.3 is 5.97 Å². The molecule has 1 heterocycles. The van der Waals surface area contributed by atoms with E-state index in [1.54, 1.807) is 13.0 Å². The summed E-state index contributed by atoms with van der Waals surface area (Å²) in [7, 11) is 0. The summed E-state index contributed by atoms with van der Waals surface area (Å²) >= 11 is 0. The van der Waals surface area contributed by atoms with Crippen LogP contribution in [-0.2, 0) is 9.53 Å². The van der Waals surface area contributed by atoms with Gasteiger partial charge in [0.15, 0.2) is 6.23 Å². The molecular weight excluding hydrogens is 266 g/mol. The molecule has 0 saturated carbocycles. The Hall–Kier alpha value is -2.75. The van der Waals surface area contributed by atoms with E-state index in [2.05, 4.69) is 5.32 Å². The topological polar surface area (TPSA) is 47.6 Å². The van der Waals surface area contributed by atoms with Crippen LogP contribution >= 0.6 is 0 Å². The zero-order chi connectivity index (χ0) is 14.7. The molecule has 1 aliphatic heterocycles. The molecule has 0 aliphatic carbocycles. The number of hydrogen-bond acceptors (Lipinski definition) is 4. The average Bonchev–Trinajstić information content (AvgIpc) is 2.78. The maximum atomic E-state index is 11.6. The fraction of sp³-hybridized carbons (Fsp3) is 0.118. The van der Waals surface area contributed by atoms with Crippen molar-refractivity contribution < 1.29 is 14.3 Å². The Morgan fingerprint density at radius 2 is 1.86 bits per heavy atom. The summed E-state index contributed by atoms with van der Waals surface area (Å²) in [4.78, 5) is 11.6. The van der Waals surface area contributed by atoms with Crippen molar-refractivity contribution in [3.8, 4) is 11.5 Å². The van der Waals surface area contributed by atoms with Crippen LogP contribution in [0.3, 0.4) is 0 Å². The number of para-hydroxylation sites is 1. The summed E-state index contributed by atoms with van der Waals surface area (Å²) in [5.41, 5.74) is 1.33. The van der Waals surface area contributed by atoms with Crippen LogP contribution in [0.1, 0.15) is 12.5 Å². The lowest BCUT2D eigenvalue weighted by atomic mass is 10.2. The fourth-order valence-electron chi connectivity index (χ4n) is 2.09. The third kappa shape index (κ3) is 3.23. The molecule has 4 heteroatoms. The number of benzene rings is 2. The molecule has 3 rings (SSSR count). The van der Waals surface area contributed by atoms with Crippen molar-refractivity contribution >= 4 is 12.0 Å². The summed E-state index contributed by atoms with van der Waals surface area (Å²) in [5, 5.41) is 2.97. The van der Waals surface area contributed by atoms with Crippen LogP contribution in [0, 0.1) is 0 Å². The Bertz CT molecular complexity index is 679. The van der Waals surface area contributed by atoms with E-state index >= 15 is 0 Å². The lowest BCUT2D eigenvalue weighted by Crippen LogP contribution is -2.16. The van der Waals surface area contributed by atoms with Gasteiger partial charge in [-0.3, -0.25) is 0 Å². The van der Waals surface area contributed by atoms with Gasteiger partial charge in [-0.1, -0.05) is 30.3 Å². The van der Waals surface area contributed by atoms with Crippen molar-refractivity contribution in [1.82, 2.24) is 5.32 Å². The summed E-state index contributed by atoms with van der Waals surface area (Å²) in [6.07, 6.45) is 1.47. The molecule has 1 saturated heterocycles. The molecule has 1 atom stereocenters. The van der Waals surface area contributed by atoms with Gasteiger partial charge in [0.05, 0.1) is 0 Å². The maximum absolute atomic E-state index is 11.6. The molecule has 0 radical (unpaired) electrons. The van der Waals surface area contributed by atoms with Crippen LogP contribution < -0.4 is 10.1 Å². The minimum absolute atomic E-state index is 0.285. The third-order valence-corrected chi connectivity index (χ3v) is 3.01. The lowest BCUT2D eigenvalue weighted by molar-refractivity contribution is -0.138. The number of rotatable bonds is 3. The molecular formula is C17H15NO3. The van der Waals surface area contributed by atoms with E-state index in [9.17, 15) is 4.79 Å². The first kappa shape index (κ1) is 13.2. The maximum Gasteiger partial charge on any atom is 0.356 e. The molecule has 0 spiro atoms. The van der Waals surface area contributed by atoms with Gasteiger partial charge in [-0.2, -0.15) is 0 Å². The monoisotopic (exact) mass is 281 g/mol. The minimum atomic E-state index is -0.336. The molecule has 1 aliphatic rings. The predicted molar refractivity (Wildman–Crippen MR) is 79.6 cm³/mol. The molecule has 2 aromatic carbocycles. The number of ether oxygens (including phenoxy) is 2. The molecule has 106 valence electrons. The minimum Gasteiger partial charge on any atom is -0.457 e. The summed E-state index contributed by atoms with van der Waals surface area (Å²) < 4.78 is 10.8. The van der Waals surface area contributed by atoms with Gasteiger partial charge in [0.1, 0.15) is 17.2 Å². The molecule has 0 bridgehead atoms. The molecule has 2 aromatic rings. The predicted octanol–water partition coefficient (Wildman–Crippen LogP) is 3.31. The largest absolute Gasteiger partial charge is 0.457 e. The van der Waals surface area contributed by atoms with Gasteiger partial charge in [-0.25, -0.2) is 4.79 Å². The zero-order valence-electron chi connectivity index (χ0n) is 11.6. The Kier molecular flexibility index (Phi) is 3.60. The van der Waals surface area contributed by atoms with Crippen molar-refractivity contribution in [2.45, 2.75) is 13.2 Å². The van der Waals surface area contributed by atoms with E-state index in [1.165, 1.54) is 0 Å². The van der Waals surface area contributed by atoms with E-state index < -0.39 is 0 Å². The Morgan fingerprint density at radius 3 is 2.57 bits per heavy atom. The van der Waals surface area contributed by atoms with Gasteiger partial charge in [0, 0.05) is 0 Å². The normalized spacial score (nSPS) is 19.2. The number of carbonyl (C=O) groups is 1. The Labute approximate surface area is 123 Å². The number of hydrogen-bond donors (Lipinski definition) is 1. The van der Waals surface area contributed by atoms with Crippen molar-refractivity contribution in [3.05, 3.63) is 65.9 Å². The van der Waals surface area contributed by atoms with E-state index in [4.69, 9.17) is 9.47 Å². The second kappa shape index (κ2) is 5.71. The summed E-state index contributed by atoms with van der Waals surface area (Å²) in [6, 6.07) is 17.1. The number of esters is 1. The van der Waals surface area contributed by atoms with Crippen LogP contribution in [0.15, 0.2) is 60.3 Å². The molecule has 4 nitrogen and oxygen atoms in total. The lowest BCUT2D eigenvalue weighted by Gasteiger charge is -2.06. The highest BCUT2D eigenvalue weighted by molar-refractivity contribution is 5.94. The molecule has 1 fully saturated rings. The molecule has 0 amide bonds. The van der Waals surface area contributed by atoms with E-state index in [-0.39, 0.29) is 12.2 Å². The SMILES string of the molecule is CC1N/C(=C\c2cccc(Oc3ccccc3)c2)C(=O)O1. The smallest absolute Gasteiger partial charge is 0.356 e. The first-order valence-electron chi connectivity index (χ1n) is 6.73. The van der Waals surface area contributed by atoms with E-state index in [0.29, 0.717) is 5.70 Å². The van der Waals surface area contributed by atoms with Crippen molar-refractivity contribution in [2.24, 2.45) is 0 Å². The standard InChI is InChI=1S/C17H15NO3/c1-12-18-16(17(19)20-12)11-13-6-5-9-15(10-13)21-14-7-3-2-4-8-14/h2-12,18H,1H3/b16-11-. The van der Waals surface area contributed by atoms with Crippen LogP contribution in [0.25, 0.3) is 6.08 Å². The Balaban J connectivity index is 1.81. The van der Waals surface area contributed by atoms with E-state index in [1.807, 2.05) is 54.6 Å². The van der Waals surface area contributed by atoms with Crippen molar-refractivity contribution in [1.29, 1.82) is 0 Å². The van der Waals surface area contributed by atoms with Gasteiger partial charge < -0.3 is 14.8 Å². The van der Waals surface area contributed by atoms with Gasteiger partial charge in [0.2, 0.25) is 0 Å². The highest BCUT2D eigenvalue weighted by atomic mass is 16.6. The number of nitrogens with one attached hydrogen (secondary N) is 1. The van der Waals surface area contributed by atoms with Crippen molar-refractivity contribution in [2.75, 3.05) is 0 Å². The van der Waals surface area contributed by atoms with Crippen molar-refractivity contribution in [3.63, 3.8) is 0 Å². The van der Waals surface area contributed by atoms with Gasteiger partial charge in [-0.05, 0) is 42.8 Å². The first-order valence-corrected chi connectivity index (χ1v) is 6.73. The average molecular weight is 281 g/mol. The fourth-order valence-corrected chi connectivity index (χ4v) is 2.09. The first-order chi connectivity index (χ1) is 10.2. The quantitative estimate of drug-likeness (QED) is 0.692. The zero-order valence-corrected chi connectivity index (χ0v) is 11.6. The van der Waals surface area contributed by atoms with E-state index in [0.717, 1.165) is 17.1 Å². The molecule has 21 heavy (non-hydrogen) atoms. The highest BCUT2D eigenvalue weighted by Crippen LogP contribution is 2.23. The molecule has 0 aromatic heterocycles. The van der Waals surface area contributed by atoms with Gasteiger partial charge in [0.25, 0.3) is 0 Å². The van der Waals surface area contributed by atoms with Crippen LogP contribution in [0.4, 0.5) is 0 Å². The highest BCUT2D eigenvalue weighted by Gasteiger charge is 2.23. The molecule has 1 unspecified atom stereocenters. The number of carbonyl (C=O) groups excluding carboxylic acids is 1. The molecule has 1 N–H and O–H groups in total. The summed E-state index contributed by atoms with van der Waals surface area (Å²) in [5.74, 6) is 1.15. The van der Waals surface area contributed by atoms with Crippen LogP contribution in [0.5, 0.6) is 11.5 Å². The number of cyclic esters (lactones) is 1. The second-order valence-electron chi connectivity index (χ2n) is 4.74. The van der Waals surface area contributed by atoms with Crippen LogP contribution in [0.2, 0.25) is 0 Å². The van der Waals surface area contributed by atoms with Crippen LogP contribution in [-0.4, -0.2) is 12.2 Å². The Morgan fingerprint density at radius 1 is 1.10 bits per heavy atom. The van der Waals surface area contributed by atoms with Gasteiger partial charge in [-0.15, -0.1) is 0 Å². The summed E-state index contributed by atoms with van der Waals surface area (Å²) in [6.45, 7) is 1.79. The second-order valence-corrected chi connectivity index (χ2v) is 4.74.